The van der Waals surface area contributed by atoms with Crippen LogP contribution in [0.2, 0.25) is 0 Å². The molecule has 1 aromatic heterocycles. The number of nitrogens with zero attached hydrogens (tertiary/aromatic N) is 3. The Labute approximate surface area is 171 Å². The molecule has 1 aliphatic rings. The number of carbonyl (C=O) groups excluding carboxylic acids is 1. The Morgan fingerprint density at radius 1 is 1.19 bits per heavy atom. The zero-order valence-electron chi connectivity index (χ0n) is 15.4. The second-order valence-corrected chi connectivity index (χ2v) is 6.60. The Bertz CT molecular complexity index is 920. The lowest BCUT2D eigenvalue weighted by molar-refractivity contribution is 0.0744. The zero-order valence-corrected chi connectivity index (χ0v) is 17.0. The smallest absolute Gasteiger partial charge is 0.253 e. The van der Waals surface area contributed by atoms with Gasteiger partial charge in [0.2, 0.25) is 0 Å². The van der Waals surface area contributed by atoms with Gasteiger partial charge in [-0.05, 0) is 50.2 Å². The quantitative estimate of drug-likeness (QED) is 0.722. The molecular weight excluding hydrogens is 383 g/mol. The van der Waals surface area contributed by atoms with Crippen molar-refractivity contribution < 1.29 is 4.79 Å². The van der Waals surface area contributed by atoms with Gasteiger partial charge in [0.15, 0.2) is 0 Å². The molecule has 1 N–H and O–H groups in total. The predicted molar refractivity (Wildman–Crippen MR) is 114 cm³/mol. The van der Waals surface area contributed by atoms with Crippen molar-refractivity contribution in [3.8, 4) is 5.69 Å². The minimum atomic E-state index is 0. The number of fused-ring (bicyclic) bond motifs is 1. The summed E-state index contributed by atoms with van der Waals surface area (Å²) < 4.78 is 2.12. The van der Waals surface area contributed by atoms with E-state index < -0.39 is 0 Å². The standard InChI is InChI=1S/C20H22N4O.2ClH/c1-14-22-18-12-15(20(25)23(2)17-10-11-21-13-17)8-9-19(18)24(14)16-6-4-3-5-7-16;;/h3-9,12,17,21H,10-11,13H2,1-2H3;2*1H. The van der Waals surface area contributed by atoms with E-state index in [9.17, 15) is 4.79 Å². The van der Waals surface area contributed by atoms with Crippen LogP contribution in [0.3, 0.4) is 0 Å². The molecule has 1 atom stereocenters. The van der Waals surface area contributed by atoms with Gasteiger partial charge in [-0.3, -0.25) is 9.36 Å². The molecule has 0 bridgehead atoms. The highest BCUT2D eigenvalue weighted by atomic mass is 35.5. The highest BCUT2D eigenvalue weighted by Gasteiger charge is 2.24. The fourth-order valence-electron chi connectivity index (χ4n) is 3.58. The second kappa shape index (κ2) is 8.74. The van der Waals surface area contributed by atoms with Crippen LogP contribution in [0, 0.1) is 6.92 Å². The van der Waals surface area contributed by atoms with E-state index in [0.717, 1.165) is 42.1 Å². The van der Waals surface area contributed by atoms with Crippen molar-refractivity contribution in [3.63, 3.8) is 0 Å². The van der Waals surface area contributed by atoms with Crippen molar-refractivity contribution in [2.75, 3.05) is 20.1 Å². The Balaban J connectivity index is 0.00000131. The number of nitrogens with one attached hydrogen (secondary N) is 1. The number of likely N-dealkylation sites (N-methyl/N-ethyl adjacent to an activating group) is 1. The van der Waals surface area contributed by atoms with Crippen LogP contribution in [-0.2, 0) is 0 Å². The minimum Gasteiger partial charge on any atom is -0.337 e. The molecule has 0 saturated carbocycles. The first kappa shape index (κ1) is 21.2. The van der Waals surface area contributed by atoms with Crippen LogP contribution >= 0.6 is 24.8 Å². The van der Waals surface area contributed by atoms with E-state index in [2.05, 4.69) is 27.0 Å². The number of aryl methyl sites for hydroxylation is 1. The average Bonchev–Trinajstić information content (AvgIpc) is 3.27. The summed E-state index contributed by atoms with van der Waals surface area (Å²) in [6.07, 6.45) is 1.01. The normalized spacial score (nSPS) is 15.9. The summed E-state index contributed by atoms with van der Waals surface area (Å²) >= 11 is 0. The van der Waals surface area contributed by atoms with Gasteiger partial charge >= 0.3 is 0 Å². The summed E-state index contributed by atoms with van der Waals surface area (Å²) in [5.41, 5.74) is 3.64. The molecule has 7 heteroatoms. The molecule has 0 aliphatic carbocycles. The number of imidazole rings is 1. The maximum atomic E-state index is 12.8. The van der Waals surface area contributed by atoms with Crippen molar-refractivity contribution in [3.05, 3.63) is 59.9 Å². The Kier molecular flexibility index (Phi) is 6.87. The summed E-state index contributed by atoms with van der Waals surface area (Å²) in [5, 5.41) is 3.31. The maximum absolute atomic E-state index is 12.8. The first-order valence-electron chi connectivity index (χ1n) is 8.67. The lowest BCUT2D eigenvalue weighted by atomic mass is 10.1. The van der Waals surface area contributed by atoms with E-state index in [1.165, 1.54) is 0 Å². The summed E-state index contributed by atoms with van der Waals surface area (Å²) in [7, 11) is 1.89. The molecule has 1 saturated heterocycles. The van der Waals surface area contributed by atoms with Crippen LogP contribution < -0.4 is 5.32 Å². The number of carbonyl (C=O) groups is 1. The lowest BCUT2D eigenvalue weighted by Crippen LogP contribution is -2.38. The van der Waals surface area contributed by atoms with Crippen LogP contribution in [0.25, 0.3) is 16.7 Å². The van der Waals surface area contributed by atoms with Gasteiger partial charge in [-0.2, -0.15) is 0 Å². The summed E-state index contributed by atoms with van der Waals surface area (Å²) in [6, 6.07) is 16.2. The van der Waals surface area contributed by atoms with E-state index in [0.29, 0.717) is 5.56 Å². The maximum Gasteiger partial charge on any atom is 0.253 e. The van der Waals surface area contributed by atoms with Crippen LogP contribution in [0.1, 0.15) is 22.6 Å². The van der Waals surface area contributed by atoms with E-state index in [1.54, 1.807) is 0 Å². The van der Waals surface area contributed by atoms with E-state index in [1.807, 2.05) is 55.3 Å². The number of benzene rings is 2. The topological polar surface area (TPSA) is 50.2 Å². The fourth-order valence-corrected chi connectivity index (χ4v) is 3.58. The van der Waals surface area contributed by atoms with Crippen LogP contribution in [0.15, 0.2) is 48.5 Å². The monoisotopic (exact) mass is 406 g/mol. The zero-order chi connectivity index (χ0) is 17.4. The summed E-state index contributed by atoms with van der Waals surface area (Å²) in [5.74, 6) is 0.974. The molecular formula is C20H24Cl2N4O. The van der Waals surface area contributed by atoms with Crippen molar-refractivity contribution in [1.29, 1.82) is 0 Å². The minimum absolute atomic E-state index is 0. The van der Waals surface area contributed by atoms with E-state index >= 15 is 0 Å². The molecule has 2 aromatic carbocycles. The Hall–Kier alpha value is -2.08. The number of para-hydroxylation sites is 1. The van der Waals surface area contributed by atoms with Crippen molar-refractivity contribution >= 4 is 41.8 Å². The number of aromatic nitrogens is 2. The molecule has 4 rings (SSSR count). The Morgan fingerprint density at radius 3 is 2.59 bits per heavy atom. The first-order chi connectivity index (χ1) is 12.1. The van der Waals surface area contributed by atoms with Gasteiger partial charge in [-0.1, -0.05) is 18.2 Å². The molecule has 5 nitrogen and oxygen atoms in total. The molecule has 1 aliphatic heterocycles. The SMILES string of the molecule is Cc1nc2cc(C(=O)N(C)C3CCNC3)ccc2n1-c1ccccc1.Cl.Cl. The number of amides is 1. The fraction of sp³-hybridized carbons (Fsp3) is 0.300. The van der Waals surface area contributed by atoms with Gasteiger partial charge in [0.25, 0.3) is 5.91 Å². The third-order valence-corrected chi connectivity index (χ3v) is 4.99. The molecule has 2 heterocycles. The third kappa shape index (κ3) is 3.95. The highest BCUT2D eigenvalue weighted by molar-refractivity contribution is 5.97. The molecule has 1 unspecified atom stereocenters. The second-order valence-electron chi connectivity index (χ2n) is 6.60. The van der Waals surface area contributed by atoms with Gasteiger partial charge in [0.1, 0.15) is 5.82 Å². The number of hydrogen-bond acceptors (Lipinski definition) is 3. The van der Waals surface area contributed by atoms with Crippen LogP contribution in [0.4, 0.5) is 0 Å². The number of hydrogen-bond donors (Lipinski definition) is 1. The summed E-state index contributed by atoms with van der Waals surface area (Å²) in [6.45, 7) is 3.83. The van der Waals surface area contributed by atoms with Gasteiger partial charge in [-0.25, -0.2) is 4.98 Å². The molecule has 0 radical (unpaired) electrons. The van der Waals surface area contributed by atoms with Crippen LogP contribution in [-0.4, -0.2) is 46.5 Å². The van der Waals surface area contributed by atoms with E-state index in [-0.39, 0.29) is 36.8 Å². The molecule has 0 spiro atoms. The largest absolute Gasteiger partial charge is 0.337 e. The Morgan fingerprint density at radius 2 is 1.93 bits per heavy atom. The molecule has 1 amide bonds. The van der Waals surface area contributed by atoms with Crippen molar-refractivity contribution in [2.24, 2.45) is 0 Å². The summed E-state index contributed by atoms with van der Waals surface area (Å²) in [4.78, 5) is 19.3. The molecule has 1 fully saturated rings. The van der Waals surface area contributed by atoms with E-state index in [4.69, 9.17) is 0 Å². The van der Waals surface area contributed by atoms with Crippen molar-refractivity contribution in [2.45, 2.75) is 19.4 Å². The predicted octanol–water partition coefficient (Wildman–Crippen LogP) is 3.61. The number of rotatable bonds is 3. The van der Waals surface area contributed by atoms with Gasteiger partial charge in [0, 0.05) is 30.9 Å². The third-order valence-electron chi connectivity index (χ3n) is 4.99. The number of halogens is 2. The molecule has 3 aromatic rings. The molecule has 144 valence electrons. The van der Waals surface area contributed by atoms with Crippen molar-refractivity contribution in [1.82, 2.24) is 19.8 Å². The lowest BCUT2D eigenvalue weighted by Gasteiger charge is -2.23. The van der Waals surface area contributed by atoms with Gasteiger partial charge < -0.3 is 10.2 Å². The van der Waals surface area contributed by atoms with Gasteiger partial charge in [0.05, 0.1) is 11.0 Å². The highest BCUT2D eigenvalue weighted by Crippen LogP contribution is 2.23. The average molecular weight is 407 g/mol. The first-order valence-corrected chi connectivity index (χ1v) is 8.67. The van der Waals surface area contributed by atoms with Crippen LogP contribution in [0.5, 0.6) is 0 Å². The van der Waals surface area contributed by atoms with Gasteiger partial charge in [-0.15, -0.1) is 24.8 Å². The molecule has 27 heavy (non-hydrogen) atoms.